The Kier molecular flexibility index (Phi) is 4.06. The summed E-state index contributed by atoms with van der Waals surface area (Å²) in [6, 6.07) is 4.32. The van der Waals surface area contributed by atoms with E-state index in [4.69, 9.17) is 4.74 Å². The fourth-order valence-corrected chi connectivity index (χ4v) is 2.40. The Hall–Kier alpha value is -1.02. The summed E-state index contributed by atoms with van der Waals surface area (Å²) >= 11 is 0. The van der Waals surface area contributed by atoms with E-state index >= 15 is 0 Å². The highest BCUT2D eigenvalue weighted by molar-refractivity contribution is 5.44. The SMILES string of the molecule is Cc1ccc(C)c(OCC2CCNCC2)c1C. The number of benzene rings is 1. The van der Waals surface area contributed by atoms with Crippen molar-refractivity contribution in [2.24, 2.45) is 5.92 Å². The van der Waals surface area contributed by atoms with Crippen LogP contribution in [0.1, 0.15) is 29.5 Å². The zero-order chi connectivity index (χ0) is 12.3. The molecular formula is C15H23NO. The van der Waals surface area contributed by atoms with Gasteiger partial charge in [0, 0.05) is 0 Å². The molecule has 0 amide bonds. The van der Waals surface area contributed by atoms with Crippen LogP contribution < -0.4 is 10.1 Å². The van der Waals surface area contributed by atoms with Gasteiger partial charge in [0.2, 0.25) is 0 Å². The number of piperidine rings is 1. The molecular weight excluding hydrogens is 210 g/mol. The zero-order valence-corrected chi connectivity index (χ0v) is 11.2. The Balaban J connectivity index is 2.00. The predicted octanol–water partition coefficient (Wildman–Crippen LogP) is 2.99. The van der Waals surface area contributed by atoms with Crippen LogP contribution in [0.25, 0.3) is 0 Å². The first-order chi connectivity index (χ1) is 8.18. The molecule has 0 atom stereocenters. The molecule has 1 heterocycles. The van der Waals surface area contributed by atoms with Gasteiger partial charge in [0.15, 0.2) is 0 Å². The summed E-state index contributed by atoms with van der Waals surface area (Å²) in [7, 11) is 0. The molecule has 2 heteroatoms. The van der Waals surface area contributed by atoms with Gasteiger partial charge in [-0.25, -0.2) is 0 Å². The lowest BCUT2D eigenvalue weighted by Crippen LogP contribution is -2.30. The molecule has 94 valence electrons. The number of hydrogen-bond acceptors (Lipinski definition) is 2. The fourth-order valence-electron chi connectivity index (χ4n) is 2.40. The molecule has 1 saturated heterocycles. The summed E-state index contributed by atoms with van der Waals surface area (Å²) in [5, 5.41) is 3.39. The van der Waals surface area contributed by atoms with E-state index in [0.717, 1.165) is 31.4 Å². The van der Waals surface area contributed by atoms with Gasteiger partial charge in [-0.05, 0) is 69.3 Å². The first kappa shape index (κ1) is 12.4. The maximum Gasteiger partial charge on any atom is 0.125 e. The number of nitrogens with one attached hydrogen (secondary N) is 1. The molecule has 1 N–H and O–H groups in total. The van der Waals surface area contributed by atoms with Crippen LogP contribution in [0.4, 0.5) is 0 Å². The monoisotopic (exact) mass is 233 g/mol. The normalized spacial score (nSPS) is 17.1. The summed E-state index contributed by atoms with van der Waals surface area (Å²) < 4.78 is 6.06. The molecule has 0 spiro atoms. The highest BCUT2D eigenvalue weighted by Gasteiger charge is 2.15. The van der Waals surface area contributed by atoms with Gasteiger partial charge in [0.05, 0.1) is 6.61 Å². The second-order valence-electron chi connectivity index (χ2n) is 5.16. The summed E-state index contributed by atoms with van der Waals surface area (Å²) in [5.74, 6) is 1.82. The van der Waals surface area contributed by atoms with Crippen molar-refractivity contribution in [3.05, 3.63) is 28.8 Å². The van der Waals surface area contributed by atoms with Crippen LogP contribution in [0.3, 0.4) is 0 Å². The van der Waals surface area contributed by atoms with E-state index in [0.29, 0.717) is 0 Å². The van der Waals surface area contributed by atoms with Crippen LogP contribution in [0.5, 0.6) is 5.75 Å². The summed E-state index contributed by atoms with van der Waals surface area (Å²) in [4.78, 5) is 0. The Morgan fingerprint density at radius 1 is 1.12 bits per heavy atom. The minimum absolute atomic E-state index is 0.718. The largest absolute Gasteiger partial charge is 0.493 e. The summed E-state index contributed by atoms with van der Waals surface area (Å²) in [6.45, 7) is 9.57. The number of hydrogen-bond donors (Lipinski definition) is 1. The first-order valence-electron chi connectivity index (χ1n) is 6.59. The maximum absolute atomic E-state index is 6.06. The van der Waals surface area contributed by atoms with Crippen molar-refractivity contribution < 1.29 is 4.74 Å². The minimum Gasteiger partial charge on any atom is -0.493 e. The van der Waals surface area contributed by atoms with Crippen LogP contribution in [0, 0.1) is 26.7 Å². The van der Waals surface area contributed by atoms with Gasteiger partial charge in [-0.15, -0.1) is 0 Å². The van der Waals surface area contributed by atoms with Crippen molar-refractivity contribution in [1.29, 1.82) is 0 Å². The van der Waals surface area contributed by atoms with Crippen molar-refractivity contribution in [1.82, 2.24) is 5.32 Å². The van der Waals surface area contributed by atoms with Crippen molar-refractivity contribution in [2.75, 3.05) is 19.7 Å². The number of ether oxygens (including phenoxy) is 1. The molecule has 2 rings (SSSR count). The molecule has 0 aliphatic carbocycles. The molecule has 0 aromatic heterocycles. The van der Waals surface area contributed by atoms with E-state index in [2.05, 4.69) is 38.2 Å². The molecule has 0 unspecified atom stereocenters. The van der Waals surface area contributed by atoms with E-state index in [1.807, 2.05) is 0 Å². The molecule has 0 saturated carbocycles. The minimum atomic E-state index is 0.718. The van der Waals surface area contributed by atoms with Gasteiger partial charge in [-0.2, -0.15) is 0 Å². The van der Waals surface area contributed by atoms with Gasteiger partial charge in [-0.3, -0.25) is 0 Å². The lowest BCUT2D eigenvalue weighted by molar-refractivity contribution is 0.213. The average Bonchev–Trinajstić information content (AvgIpc) is 2.35. The lowest BCUT2D eigenvalue weighted by atomic mass is 9.99. The van der Waals surface area contributed by atoms with Gasteiger partial charge in [0.25, 0.3) is 0 Å². The molecule has 1 aromatic carbocycles. The van der Waals surface area contributed by atoms with Gasteiger partial charge < -0.3 is 10.1 Å². The van der Waals surface area contributed by atoms with Gasteiger partial charge >= 0.3 is 0 Å². The third kappa shape index (κ3) is 3.01. The molecule has 0 radical (unpaired) electrons. The van der Waals surface area contributed by atoms with E-state index in [9.17, 15) is 0 Å². The average molecular weight is 233 g/mol. The lowest BCUT2D eigenvalue weighted by Gasteiger charge is -2.24. The molecule has 1 aliphatic heterocycles. The molecule has 1 fully saturated rings. The van der Waals surface area contributed by atoms with E-state index in [1.165, 1.54) is 29.5 Å². The quantitative estimate of drug-likeness (QED) is 0.866. The Bertz CT molecular complexity index is 381. The zero-order valence-electron chi connectivity index (χ0n) is 11.2. The van der Waals surface area contributed by atoms with Crippen LogP contribution in [-0.4, -0.2) is 19.7 Å². The van der Waals surface area contributed by atoms with Crippen LogP contribution in [0.15, 0.2) is 12.1 Å². The molecule has 2 nitrogen and oxygen atoms in total. The van der Waals surface area contributed by atoms with Gasteiger partial charge in [-0.1, -0.05) is 12.1 Å². The number of rotatable bonds is 3. The Morgan fingerprint density at radius 3 is 2.47 bits per heavy atom. The van der Waals surface area contributed by atoms with E-state index < -0.39 is 0 Å². The first-order valence-corrected chi connectivity index (χ1v) is 6.59. The van der Waals surface area contributed by atoms with E-state index in [-0.39, 0.29) is 0 Å². The summed E-state index contributed by atoms with van der Waals surface area (Å²) in [6.07, 6.45) is 2.48. The second-order valence-corrected chi connectivity index (χ2v) is 5.16. The molecule has 1 aromatic rings. The molecule has 0 bridgehead atoms. The smallest absolute Gasteiger partial charge is 0.125 e. The van der Waals surface area contributed by atoms with Crippen molar-refractivity contribution in [3.63, 3.8) is 0 Å². The van der Waals surface area contributed by atoms with Gasteiger partial charge in [0.1, 0.15) is 5.75 Å². The highest BCUT2D eigenvalue weighted by Crippen LogP contribution is 2.26. The molecule has 17 heavy (non-hydrogen) atoms. The predicted molar refractivity (Wildman–Crippen MR) is 71.7 cm³/mol. The van der Waals surface area contributed by atoms with Crippen LogP contribution >= 0.6 is 0 Å². The van der Waals surface area contributed by atoms with Crippen molar-refractivity contribution in [2.45, 2.75) is 33.6 Å². The van der Waals surface area contributed by atoms with Crippen LogP contribution in [0.2, 0.25) is 0 Å². The van der Waals surface area contributed by atoms with Crippen molar-refractivity contribution in [3.8, 4) is 5.75 Å². The maximum atomic E-state index is 6.06. The third-order valence-electron chi connectivity index (χ3n) is 3.80. The number of aryl methyl sites for hydroxylation is 2. The molecule has 1 aliphatic rings. The third-order valence-corrected chi connectivity index (χ3v) is 3.80. The Morgan fingerprint density at radius 2 is 1.76 bits per heavy atom. The fraction of sp³-hybridized carbons (Fsp3) is 0.600. The Labute approximate surface area is 104 Å². The standard InChI is InChI=1S/C15H23NO/c1-11-4-5-12(2)15(13(11)3)17-10-14-6-8-16-9-7-14/h4-5,14,16H,6-10H2,1-3H3. The highest BCUT2D eigenvalue weighted by atomic mass is 16.5. The van der Waals surface area contributed by atoms with E-state index in [1.54, 1.807) is 0 Å². The topological polar surface area (TPSA) is 21.3 Å². The van der Waals surface area contributed by atoms with Crippen LogP contribution in [-0.2, 0) is 0 Å². The summed E-state index contributed by atoms with van der Waals surface area (Å²) in [5.41, 5.74) is 3.86. The second kappa shape index (κ2) is 5.54. The van der Waals surface area contributed by atoms with Crippen molar-refractivity contribution >= 4 is 0 Å².